The van der Waals surface area contributed by atoms with Crippen LogP contribution >= 0.6 is 11.3 Å². The average molecular weight is 364 g/mol. The van der Waals surface area contributed by atoms with Gasteiger partial charge in [0.15, 0.2) is 5.13 Å². The average Bonchev–Trinajstić information content (AvgIpc) is 3.01. The first-order valence-corrected chi connectivity index (χ1v) is 8.20. The third-order valence-corrected chi connectivity index (χ3v) is 3.94. The highest BCUT2D eigenvalue weighted by atomic mass is 32.1. The maximum atomic E-state index is 12.4. The summed E-state index contributed by atoms with van der Waals surface area (Å²) in [4.78, 5) is 38.3. The maximum absolute atomic E-state index is 12.4. The van der Waals surface area contributed by atoms with Gasteiger partial charge in [-0.05, 0) is 13.0 Å². The summed E-state index contributed by atoms with van der Waals surface area (Å²) < 4.78 is 4.84. The Morgan fingerprint density at radius 2 is 2.16 bits per heavy atom. The minimum absolute atomic E-state index is 0.0127. The van der Waals surface area contributed by atoms with Gasteiger partial charge in [0.2, 0.25) is 0 Å². The van der Waals surface area contributed by atoms with Crippen LogP contribution in [0.5, 0.6) is 0 Å². The molecule has 0 atom stereocenters. The fourth-order valence-corrected chi connectivity index (χ4v) is 2.73. The summed E-state index contributed by atoms with van der Waals surface area (Å²) in [6.45, 7) is 2.00. The minimum atomic E-state index is -0.572. The van der Waals surface area contributed by atoms with Gasteiger partial charge in [0.1, 0.15) is 0 Å². The Morgan fingerprint density at radius 3 is 2.80 bits per heavy atom. The van der Waals surface area contributed by atoms with Crippen LogP contribution in [0.1, 0.15) is 23.0 Å². The molecule has 0 saturated carbocycles. The first kappa shape index (κ1) is 18.3. The molecule has 25 heavy (non-hydrogen) atoms. The van der Waals surface area contributed by atoms with Crippen LogP contribution in [0.4, 0.5) is 16.5 Å². The van der Waals surface area contributed by atoms with Crippen molar-refractivity contribution in [2.24, 2.45) is 0 Å². The molecule has 0 radical (unpaired) electrons. The lowest BCUT2D eigenvalue weighted by Gasteiger charge is -2.08. The fraction of sp³-hybridized carbons (Fsp3) is 0.267. The van der Waals surface area contributed by atoms with E-state index in [4.69, 9.17) is 4.74 Å². The van der Waals surface area contributed by atoms with Crippen LogP contribution in [0, 0.1) is 10.1 Å². The third kappa shape index (κ3) is 4.73. The molecule has 0 saturated heterocycles. The molecular formula is C15H16N4O5S. The first-order valence-electron chi connectivity index (χ1n) is 7.32. The van der Waals surface area contributed by atoms with E-state index >= 15 is 0 Å². The summed E-state index contributed by atoms with van der Waals surface area (Å²) in [5.74, 6) is -0.938. The monoisotopic (exact) mass is 364 g/mol. The van der Waals surface area contributed by atoms with Crippen LogP contribution < -0.4 is 10.6 Å². The van der Waals surface area contributed by atoms with Crippen molar-refractivity contribution in [2.75, 3.05) is 24.3 Å². The fourth-order valence-electron chi connectivity index (χ4n) is 2.02. The number of non-ortho nitro benzene ring substituents is 1. The molecule has 10 heteroatoms. The second-order valence-electron chi connectivity index (χ2n) is 4.82. The number of aromatic nitrogens is 1. The second-order valence-corrected chi connectivity index (χ2v) is 5.68. The zero-order valence-corrected chi connectivity index (χ0v) is 14.4. The van der Waals surface area contributed by atoms with Crippen molar-refractivity contribution in [3.63, 3.8) is 0 Å². The number of hydrogen-bond acceptors (Lipinski definition) is 8. The molecule has 0 fully saturated rings. The van der Waals surface area contributed by atoms with Crippen LogP contribution in [0.3, 0.4) is 0 Å². The van der Waals surface area contributed by atoms with E-state index in [9.17, 15) is 19.7 Å². The Labute approximate surface area is 147 Å². The number of carbonyl (C=O) groups is 2. The van der Waals surface area contributed by atoms with Crippen LogP contribution in [0.25, 0.3) is 0 Å². The number of esters is 1. The zero-order valence-electron chi connectivity index (χ0n) is 13.6. The van der Waals surface area contributed by atoms with E-state index in [1.165, 1.54) is 18.2 Å². The Morgan fingerprint density at radius 1 is 1.40 bits per heavy atom. The van der Waals surface area contributed by atoms with Crippen molar-refractivity contribution in [3.05, 3.63) is 45.0 Å². The first-order chi connectivity index (χ1) is 11.9. The Hall–Kier alpha value is -3.01. The van der Waals surface area contributed by atoms with Gasteiger partial charge in [-0.25, -0.2) is 4.98 Å². The van der Waals surface area contributed by atoms with E-state index < -0.39 is 16.8 Å². The summed E-state index contributed by atoms with van der Waals surface area (Å²) in [5, 5.41) is 18.2. The van der Waals surface area contributed by atoms with Crippen molar-refractivity contribution in [1.29, 1.82) is 0 Å². The highest BCUT2D eigenvalue weighted by Crippen LogP contribution is 2.24. The lowest BCUT2D eigenvalue weighted by Crippen LogP contribution is -2.14. The largest absolute Gasteiger partial charge is 0.466 e. The molecule has 2 rings (SSSR count). The van der Waals surface area contributed by atoms with E-state index in [1.54, 1.807) is 19.4 Å². The molecule has 1 amide bonds. The molecule has 9 nitrogen and oxygen atoms in total. The lowest BCUT2D eigenvalue weighted by atomic mass is 10.1. The maximum Gasteiger partial charge on any atom is 0.311 e. The molecule has 2 aromatic rings. The summed E-state index contributed by atoms with van der Waals surface area (Å²) in [6, 6.07) is 3.96. The van der Waals surface area contributed by atoms with E-state index in [-0.39, 0.29) is 29.4 Å². The number of nitro groups is 1. The van der Waals surface area contributed by atoms with Gasteiger partial charge in [-0.1, -0.05) is 0 Å². The molecule has 1 aromatic carbocycles. The van der Waals surface area contributed by atoms with Gasteiger partial charge >= 0.3 is 5.97 Å². The molecule has 0 spiro atoms. The number of nitrogens with one attached hydrogen (secondary N) is 2. The smallest absolute Gasteiger partial charge is 0.311 e. The van der Waals surface area contributed by atoms with Crippen LogP contribution in [-0.4, -0.2) is 35.4 Å². The van der Waals surface area contributed by atoms with Gasteiger partial charge in [-0.3, -0.25) is 25.0 Å². The van der Waals surface area contributed by atoms with E-state index in [1.807, 2.05) is 0 Å². The quantitative estimate of drug-likeness (QED) is 0.439. The molecule has 1 heterocycles. The Bertz CT molecular complexity index is 805. The van der Waals surface area contributed by atoms with Gasteiger partial charge < -0.3 is 10.1 Å². The minimum Gasteiger partial charge on any atom is -0.466 e. The molecule has 2 N–H and O–H groups in total. The summed E-state index contributed by atoms with van der Waals surface area (Å²) in [7, 11) is 1.61. The van der Waals surface area contributed by atoms with Gasteiger partial charge in [-0.2, -0.15) is 0 Å². The van der Waals surface area contributed by atoms with Crippen LogP contribution in [0.2, 0.25) is 0 Å². The molecule has 0 aliphatic heterocycles. The van der Waals surface area contributed by atoms with Gasteiger partial charge in [0, 0.05) is 30.2 Å². The van der Waals surface area contributed by atoms with Crippen molar-refractivity contribution in [1.82, 2.24) is 4.98 Å². The molecule has 1 aromatic heterocycles. The summed E-state index contributed by atoms with van der Waals surface area (Å²) >= 11 is 1.15. The van der Waals surface area contributed by atoms with Crippen LogP contribution in [0.15, 0.2) is 23.6 Å². The number of rotatable bonds is 7. The number of nitrogens with zero attached hydrogens (tertiary/aromatic N) is 2. The molecular weight excluding hydrogens is 348 g/mol. The predicted molar refractivity (Wildman–Crippen MR) is 93.0 cm³/mol. The summed E-state index contributed by atoms with van der Waals surface area (Å²) in [5.41, 5.74) is 0.864. The number of amides is 1. The van der Waals surface area contributed by atoms with E-state index in [2.05, 4.69) is 15.6 Å². The van der Waals surface area contributed by atoms with Crippen LogP contribution in [-0.2, 0) is 16.0 Å². The van der Waals surface area contributed by atoms with Crippen molar-refractivity contribution < 1.29 is 19.2 Å². The zero-order chi connectivity index (χ0) is 18.4. The summed E-state index contributed by atoms with van der Waals surface area (Å²) in [6.07, 6.45) is 0.0127. The topological polar surface area (TPSA) is 123 Å². The van der Waals surface area contributed by atoms with Crippen molar-refractivity contribution in [3.8, 4) is 0 Å². The predicted octanol–water partition coefficient (Wildman–Crippen LogP) is 2.45. The molecule has 0 aliphatic carbocycles. The number of nitro benzene ring substituents is 1. The van der Waals surface area contributed by atoms with E-state index in [0.29, 0.717) is 11.4 Å². The van der Waals surface area contributed by atoms with Gasteiger partial charge in [0.05, 0.1) is 29.2 Å². The lowest BCUT2D eigenvalue weighted by molar-refractivity contribution is -0.384. The number of carbonyl (C=O) groups excluding carboxylic acids is 2. The Kier molecular flexibility index (Phi) is 6.01. The number of hydrogen-bond donors (Lipinski definition) is 2. The second kappa shape index (κ2) is 8.20. The number of thiazole rings is 1. The molecule has 0 unspecified atom stereocenters. The Balaban J connectivity index is 2.14. The van der Waals surface area contributed by atoms with Gasteiger partial charge in [-0.15, -0.1) is 11.3 Å². The molecule has 0 bridgehead atoms. The highest BCUT2D eigenvalue weighted by molar-refractivity contribution is 7.14. The number of ether oxygens (including phenoxy) is 1. The molecule has 132 valence electrons. The third-order valence-electron chi connectivity index (χ3n) is 3.13. The van der Waals surface area contributed by atoms with E-state index in [0.717, 1.165) is 11.3 Å². The number of benzene rings is 1. The van der Waals surface area contributed by atoms with Crippen molar-refractivity contribution >= 4 is 39.7 Å². The number of anilines is 2. The van der Waals surface area contributed by atoms with Gasteiger partial charge in [0.25, 0.3) is 11.6 Å². The standard InChI is InChI=1S/C15H16N4O5S/c1-3-24-13(20)6-9-8-25-15(17-9)18-14(21)11-7-10(19(22)23)4-5-12(11)16-2/h4-5,7-8,16H,3,6H2,1-2H3,(H,17,18,21). The normalized spacial score (nSPS) is 10.2. The molecule has 0 aliphatic rings. The highest BCUT2D eigenvalue weighted by Gasteiger charge is 2.18. The SMILES string of the molecule is CCOC(=O)Cc1csc(NC(=O)c2cc([N+](=O)[O-])ccc2NC)n1. The van der Waals surface area contributed by atoms with Crippen molar-refractivity contribution in [2.45, 2.75) is 13.3 Å².